The second-order valence-electron chi connectivity index (χ2n) is 6.05. The number of halogens is 2. The number of ether oxygens (including phenoxy) is 1. The molecule has 8 heteroatoms. The van der Waals surface area contributed by atoms with Crippen molar-refractivity contribution in [3.05, 3.63) is 95.6 Å². The predicted molar refractivity (Wildman–Crippen MR) is 103 cm³/mol. The number of sulfonamides is 1. The molecule has 148 valence electrons. The van der Waals surface area contributed by atoms with Gasteiger partial charge >= 0.3 is 6.61 Å². The molecule has 3 aromatic rings. The van der Waals surface area contributed by atoms with Gasteiger partial charge in [0.05, 0.1) is 22.6 Å². The zero-order valence-electron chi connectivity index (χ0n) is 15.0. The van der Waals surface area contributed by atoms with Crippen LogP contribution in [-0.4, -0.2) is 15.0 Å². The van der Waals surface area contributed by atoms with Crippen molar-refractivity contribution in [2.45, 2.75) is 17.5 Å². The Morgan fingerprint density at radius 2 is 1.45 bits per heavy atom. The Hall–Kier alpha value is -3.28. The number of rotatable bonds is 7. The maximum Gasteiger partial charge on any atom is 0.387 e. The van der Waals surface area contributed by atoms with Gasteiger partial charge in [-0.1, -0.05) is 42.5 Å². The number of hydrogen-bond acceptors (Lipinski definition) is 4. The van der Waals surface area contributed by atoms with Crippen molar-refractivity contribution in [2.75, 3.05) is 0 Å². The Labute approximate surface area is 167 Å². The molecular weight excluding hydrogens is 398 g/mol. The van der Waals surface area contributed by atoms with E-state index < -0.39 is 22.7 Å². The summed E-state index contributed by atoms with van der Waals surface area (Å²) in [6, 6.07) is 21.3. The topological polar surface area (TPSA) is 79.2 Å². The molecule has 3 aromatic carbocycles. The quantitative estimate of drug-likeness (QED) is 0.628. The Bertz CT molecular complexity index is 1100. The first kappa shape index (κ1) is 20.5. The van der Waals surface area contributed by atoms with Crippen molar-refractivity contribution < 1.29 is 21.9 Å². The van der Waals surface area contributed by atoms with Gasteiger partial charge in [-0.3, -0.25) is 0 Å². The molecule has 0 aliphatic heterocycles. The van der Waals surface area contributed by atoms with Gasteiger partial charge in [-0.05, 0) is 47.5 Å². The first-order chi connectivity index (χ1) is 13.9. The highest BCUT2D eigenvalue weighted by Gasteiger charge is 2.23. The second-order valence-corrected chi connectivity index (χ2v) is 7.76. The van der Waals surface area contributed by atoms with Gasteiger partial charge in [0, 0.05) is 0 Å². The highest BCUT2D eigenvalue weighted by atomic mass is 32.2. The van der Waals surface area contributed by atoms with E-state index in [4.69, 9.17) is 5.26 Å². The molecule has 0 saturated carbocycles. The molecule has 0 unspecified atom stereocenters. The average Bonchev–Trinajstić information content (AvgIpc) is 2.73. The van der Waals surface area contributed by atoms with Gasteiger partial charge in [0.25, 0.3) is 0 Å². The Balaban J connectivity index is 1.95. The lowest BCUT2D eigenvalue weighted by molar-refractivity contribution is -0.0498. The Kier molecular flexibility index (Phi) is 6.22. The van der Waals surface area contributed by atoms with Gasteiger partial charge in [0.2, 0.25) is 10.0 Å². The van der Waals surface area contributed by atoms with Gasteiger partial charge < -0.3 is 4.74 Å². The summed E-state index contributed by atoms with van der Waals surface area (Å²) in [6.07, 6.45) is 0. The monoisotopic (exact) mass is 414 g/mol. The molecule has 1 N–H and O–H groups in total. The standard InChI is InChI=1S/C21H16F2N2O3S/c22-21(23)28-18-10-8-17(9-11-18)20(16-4-2-1-3-5-16)25-29(26,27)19-12-6-15(14-24)7-13-19/h1-13,20-21,25H/t20-/m0/s1. The van der Waals surface area contributed by atoms with Crippen LogP contribution in [0, 0.1) is 11.3 Å². The average molecular weight is 414 g/mol. The van der Waals surface area contributed by atoms with E-state index in [-0.39, 0.29) is 10.6 Å². The van der Waals surface area contributed by atoms with E-state index in [2.05, 4.69) is 9.46 Å². The summed E-state index contributed by atoms with van der Waals surface area (Å²) in [6.45, 7) is -2.94. The fourth-order valence-electron chi connectivity index (χ4n) is 2.75. The highest BCUT2D eigenvalue weighted by molar-refractivity contribution is 7.89. The lowest BCUT2D eigenvalue weighted by Crippen LogP contribution is -2.29. The summed E-state index contributed by atoms with van der Waals surface area (Å²) in [5, 5.41) is 8.88. The molecule has 0 aliphatic carbocycles. The third-order valence-corrected chi connectivity index (χ3v) is 5.58. The minimum absolute atomic E-state index is 0.00934. The van der Waals surface area contributed by atoms with Crippen LogP contribution in [0.3, 0.4) is 0 Å². The van der Waals surface area contributed by atoms with Crippen molar-refractivity contribution in [3.8, 4) is 11.8 Å². The first-order valence-electron chi connectivity index (χ1n) is 8.51. The number of alkyl halides is 2. The molecule has 3 rings (SSSR count). The van der Waals surface area contributed by atoms with Crippen molar-refractivity contribution >= 4 is 10.0 Å². The van der Waals surface area contributed by atoms with Crippen LogP contribution in [0.1, 0.15) is 22.7 Å². The second kappa shape index (κ2) is 8.82. The molecular formula is C21H16F2N2O3S. The van der Waals surface area contributed by atoms with Crippen LogP contribution in [-0.2, 0) is 10.0 Å². The molecule has 0 aromatic heterocycles. The third-order valence-electron chi connectivity index (χ3n) is 4.14. The lowest BCUT2D eigenvalue weighted by Gasteiger charge is -2.20. The van der Waals surface area contributed by atoms with Gasteiger partial charge in [0.1, 0.15) is 5.75 Å². The van der Waals surface area contributed by atoms with Crippen LogP contribution in [0.25, 0.3) is 0 Å². The van der Waals surface area contributed by atoms with Crippen molar-refractivity contribution in [1.82, 2.24) is 4.72 Å². The maximum atomic E-state index is 12.9. The van der Waals surface area contributed by atoms with Crippen LogP contribution in [0.5, 0.6) is 5.75 Å². The van der Waals surface area contributed by atoms with Crippen LogP contribution in [0.2, 0.25) is 0 Å². The largest absolute Gasteiger partial charge is 0.435 e. The number of nitriles is 1. The molecule has 0 heterocycles. The molecule has 0 spiro atoms. The molecule has 0 aliphatic rings. The van der Waals surface area contributed by atoms with Crippen LogP contribution in [0.4, 0.5) is 8.78 Å². The predicted octanol–water partition coefficient (Wildman–Crippen LogP) is 4.23. The molecule has 0 radical (unpaired) electrons. The third kappa shape index (κ3) is 5.16. The van der Waals surface area contributed by atoms with Crippen molar-refractivity contribution in [3.63, 3.8) is 0 Å². The summed E-state index contributed by atoms with van der Waals surface area (Å²) in [7, 11) is -3.92. The summed E-state index contributed by atoms with van der Waals surface area (Å²) in [5.41, 5.74) is 1.57. The molecule has 5 nitrogen and oxygen atoms in total. The Morgan fingerprint density at radius 1 is 0.862 bits per heavy atom. The summed E-state index contributed by atoms with van der Waals surface area (Å²) < 4.78 is 57.5. The minimum atomic E-state index is -3.92. The number of benzene rings is 3. The fraction of sp³-hybridized carbons (Fsp3) is 0.0952. The molecule has 0 fully saturated rings. The zero-order chi connectivity index (χ0) is 20.9. The van der Waals surface area contributed by atoms with E-state index in [1.807, 2.05) is 6.07 Å². The van der Waals surface area contributed by atoms with Gasteiger partial charge in [-0.25, -0.2) is 8.42 Å². The van der Waals surface area contributed by atoms with E-state index in [0.29, 0.717) is 16.7 Å². The van der Waals surface area contributed by atoms with Crippen molar-refractivity contribution in [2.24, 2.45) is 0 Å². The number of hydrogen-bond donors (Lipinski definition) is 1. The van der Waals surface area contributed by atoms with E-state index in [0.717, 1.165) is 0 Å². The maximum absolute atomic E-state index is 12.9. The summed E-state index contributed by atoms with van der Waals surface area (Å²) >= 11 is 0. The normalized spacial score (nSPS) is 12.3. The molecule has 0 saturated heterocycles. The fourth-order valence-corrected chi connectivity index (χ4v) is 3.96. The van der Waals surface area contributed by atoms with E-state index in [1.54, 1.807) is 30.3 Å². The minimum Gasteiger partial charge on any atom is -0.435 e. The SMILES string of the molecule is N#Cc1ccc(S(=O)(=O)N[C@@H](c2ccccc2)c2ccc(OC(F)F)cc2)cc1. The van der Waals surface area contributed by atoms with E-state index in [1.165, 1.54) is 48.5 Å². The highest BCUT2D eigenvalue weighted by Crippen LogP contribution is 2.27. The molecule has 0 amide bonds. The number of nitrogens with zero attached hydrogens (tertiary/aromatic N) is 1. The summed E-state index contributed by atoms with van der Waals surface area (Å²) in [4.78, 5) is 0.00934. The van der Waals surface area contributed by atoms with Crippen LogP contribution in [0.15, 0.2) is 83.8 Å². The van der Waals surface area contributed by atoms with Gasteiger partial charge in [0.15, 0.2) is 0 Å². The zero-order valence-corrected chi connectivity index (χ0v) is 15.8. The smallest absolute Gasteiger partial charge is 0.387 e. The molecule has 1 atom stereocenters. The summed E-state index contributed by atoms with van der Waals surface area (Å²) in [5.74, 6) is -0.0227. The van der Waals surface area contributed by atoms with Gasteiger partial charge in [-0.2, -0.15) is 18.8 Å². The van der Waals surface area contributed by atoms with Crippen molar-refractivity contribution in [1.29, 1.82) is 5.26 Å². The lowest BCUT2D eigenvalue weighted by atomic mass is 10.00. The molecule has 0 bridgehead atoms. The van der Waals surface area contributed by atoms with Crippen LogP contribution < -0.4 is 9.46 Å². The van der Waals surface area contributed by atoms with Crippen LogP contribution >= 0.6 is 0 Å². The van der Waals surface area contributed by atoms with E-state index in [9.17, 15) is 17.2 Å². The molecule has 29 heavy (non-hydrogen) atoms. The number of nitrogens with one attached hydrogen (secondary N) is 1. The van der Waals surface area contributed by atoms with E-state index >= 15 is 0 Å². The first-order valence-corrected chi connectivity index (χ1v) is 9.99. The van der Waals surface area contributed by atoms with Gasteiger partial charge in [-0.15, -0.1) is 0 Å². The Morgan fingerprint density at radius 3 is 2.00 bits per heavy atom.